The van der Waals surface area contributed by atoms with Gasteiger partial charge in [0.15, 0.2) is 0 Å². The van der Waals surface area contributed by atoms with Crippen molar-refractivity contribution < 1.29 is 14.3 Å². The molecule has 2 aliphatic heterocycles. The summed E-state index contributed by atoms with van der Waals surface area (Å²) in [5.41, 5.74) is 1.26. The van der Waals surface area contributed by atoms with E-state index in [9.17, 15) is 4.79 Å². The van der Waals surface area contributed by atoms with E-state index in [1.807, 2.05) is 12.1 Å². The van der Waals surface area contributed by atoms with Gasteiger partial charge in [-0.05, 0) is 54.8 Å². The van der Waals surface area contributed by atoms with Crippen LogP contribution < -0.4 is 10.1 Å². The Labute approximate surface area is 156 Å². The van der Waals surface area contributed by atoms with Gasteiger partial charge in [0.25, 0.3) is 0 Å². The zero-order valence-electron chi connectivity index (χ0n) is 15.8. The number of carbonyl (C=O) groups excluding carboxylic acids is 1. The summed E-state index contributed by atoms with van der Waals surface area (Å²) in [6, 6.07) is 9.13. The molecule has 1 aromatic rings. The molecule has 1 aliphatic carbocycles. The minimum atomic E-state index is 0.345. The van der Waals surface area contributed by atoms with Crippen LogP contribution in [0.25, 0.3) is 0 Å². The summed E-state index contributed by atoms with van der Waals surface area (Å²) in [5, 5.41) is 3.64. The summed E-state index contributed by atoms with van der Waals surface area (Å²) in [6.07, 6.45) is 2.79. The molecule has 1 aromatic carbocycles. The van der Waals surface area contributed by atoms with Gasteiger partial charge in [-0.25, -0.2) is 0 Å². The van der Waals surface area contributed by atoms with Crippen molar-refractivity contribution >= 4 is 5.91 Å². The largest absolute Gasteiger partial charge is 0.497 e. The van der Waals surface area contributed by atoms with Crippen LogP contribution in [0, 0.1) is 17.8 Å². The van der Waals surface area contributed by atoms with Crippen LogP contribution >= 0.6 is 0 Å². The number of rotatable bonds is 7. The molecule has 4 atom stereocenters. The first-order valence-electron chi connectivity index (χ1n) is 9.89. The lowest BCUT2D eigenvalue weighted by Gasteiger charge is -2.30. The summed E-state index contributed by atoms with van der Waals surface area (Å²) in [7, 11) is 1.68. The van der Waals surface area contributed by atoms with Gasteiger partial charge in [0, 0.05) is 19.0 Å². The Bertz CT molecular complexity index is 629. The molecule has 1 saturated carbocycles. The van der Waals surface area contributed by atoms with E-state index in [0.29, 0.717) is 35.7 Å². The van der Waals surface area contributed by atoms with Crippen LogP contribution in [0.2, 0.25) is 0 Å². The molecule has 0 bridgehead atoms. The maximum Gasteiger partial charge on any atom is 0.223 e. The van der Waals surface area contributed by atoms with Crippen molar-refractivity contribution in [3.05, 3.63) is 29.8 Å². The topological polar surface area (TPSA) is 50.8 Å². The zero-order chi connectivity index (χ0) is 18.1. The van der Waals surface area contributed by atoms with E-state index in [2.05, 4.69) is 29.3 Å². The van der Waals surface area contributed by atoms with Crippen LogP contribution in [-0.2, 0) is 16.0 Å². The van der Waals surface area contributed by atoms with E-state index in [1.54, 1.807) is 7.11 Å². The van der Waals surface area contributed by atoms with Gasteiger partial charge in [0.05, 0.1) is 26.4 Å². The Morgan fingerprint density at radius 3 is 2.69 bits per heavy atom. The van der Waals surface area contributed by atoms with Crippen LogP contribution in [0.1, 0.15) is 25.3 Å². The number of ether oxygens (including phenoxy) is 2. The Kier molecular flexibility index (Phi) is 5.18. The number of hydrogen-bond donors (Lipinski definition) is 1. The van der Waals surface area contributed by atoms with Gasteiger partial charge < -0.3 is 19.7 Å². The molecule has 26 heavy (non-hydrogen) atoms. The van der Waals surface area contributed by atoms with Gasteiger partial charge in [0.2, 0.25) is 5.91 Å². The molecule has 3 aliphatic rings. The molecule has 142 valence electrons. The number of fused-ring (bicyclic) bond motifs is 1. The van der Waals surface area contributed by atoms with Crippen molar-refractivity contribution in [1.82, 2.24) is 10.2 Å². The van der Waals surface area contributed by atoms with Crippen molar-refractivity contribution in [2.24, 2.45) is 17.8 Å². The number of likely N-dealkylation sites (tertiary alicyclic amines) is 1. The second-order valence-corrected chi connectivity index (χ2v) is 8.14. The highest BCUT2D eigenvalue weighted by molar-refractivity contribution is 5.79. The standard InChI is InChI=1S/C21H30N2O3/c1-14-9-20-18(19(14)11-22-16-12-26-13-16)10-21(24)23(20)8-7-15-3-5-17(25-2)6-4-15/h3-6,14,16,18-20,22H,7-13H2,1-2H3/t14-,18-,19+,20+/m0/s1. The van der Waals surface area contributed by atoms with E-state index in [0.717, 1.165) is 51.3 Å². The number of carbonyl (C=O) groups is 1. The van der Waals surface area contributed by atoms with Gasteiger partial charge >= 0.3 is 0 Å². The SMILES string of the molecule is COc1ccc(CCN2C(=O)C[C@H]3[C@H](CNC4COC4)[C@@H](C)C[C@H]32)cc1. The van der Waals surface area contributed by atoms with Crippen molar-refractivity contribution in [1.29, 1.82) is 0 Å². The van der Waals surface area contributed by atoms with Gasteiger partial charge in [-0.3, -0.25) is 4.79 Å². The molecule has 5 nitrogen and oxygen atoms in total. The monoisotopic (exact) mass is 358 g/mol. The lowest BCUT2D eigenvalue weighted by atomic mass is 9.88. The Balaban J connectivity index is 1.34. The van der Waals surface area contributed by atoms with Gasteiger partial charge in [0.1, 0.15) is 5.75 Å². The van der Waals surface area contributed by atoms with Crippen LogP contribution in [0.15, 0.2) is 24.3 Å². The van der Waals surface area contributed by atoms with Crippen LogP contribution in [0.4, 0.5) is 0 Å². The van der Waals surface area contributed by atoms with E-state index in [4.69, 9.17) is 9.47 Å². The first-order valence-corrected chi connectivity index (χ1v) is 9.89. The van der Waals surface area contributed by atoms with Crippen LogP contribution in [0.3, 0.4) is 0 Å². The second-order valence-electron chi connectivity index (χ2n) is 8.14. The van der Waals surface area contributed by atoms with Crippen LogP contribution in [-0.4, -0.2) is 56.3 Å². The number of benzene rings is 1. The van der Waals surface area contributed by atoms with Crippen molar-refractivity contribution in [3.63, 3.8) is 0 Å². The summed E-state index contributed by atoms with van der Waals surface area (Å²) < 4.78 is 10.5. The highest BCUT2D eigenvalue weighted by Gasteiger charge is 2.50. The summed E-state index contributed by atoms with van der Waals surface area (Å²) in [5.74, 6) is 3.02. The molecular formula is C21H30N2O3. The van der Waals surface area contributed by atoms with Gasteiger partial charge in [-0.15, -0.1) is 0 Å². The first-order chi connectivity index (χ1) is 12.7. The predicted octanol–water partition coefficient (Wildman–Crippen LogP) is 2.10. The predicted molar refractivity (Wildman–Crippen MR) is 100 cm³/mol. The molecule has 1 N–H and O–H groups in total. The maximum absolute atomic E-state index is 12.6. The van der Waals surface area contributed by atoms with Gasteiger partial charge in [-0.2, -0.15) is 0 Å². The highest BCUT2D eigenvalue weighted by Crippen LogP contribution is 2.45. The number of nitrogens with one attached hydrogen (secondary N) is 1. The maximum atomic E-state index is 12.6. The fraction of sp³-hybridized carbons (Fsp3) is 0.667. The third kappa shape index (κ3) is 3.47. The Morgan fingerprint density at radius 2 is 2.04 bits per heavy atom. The van der Waals surface area contributed by atoms with Crippen molar-refractivity contribution in [2.45, 2.75) is 38.3 Å². The molecule has 0 radical (unpaired) electrons. The molecule has 2 heterocycles. The average molecular weight is 358 g/mol. The molecular weight excluding hydrogens is 328 g/mol. The van der Waals surface area contributed by atoms with E-state index in [1.165, 1.54) is 5.56 Å². The van der Waals surface area contributed by atoms with Gasteiger partial charge in [-0.1, -0.05) is 19.1 Å². The molecule has 4 rings (SSSR count). The highest BCUT2D eigenvalue weighted by atomic mass is 16.5. The average Bonchev–Trinajstić information content (AvgIpc) is 3.06. The number of amides is 1. The Hall–Kier alpha value is -1.59. The first kappa shape index (κ1) is 17.8. The molecule has 1 amide bonds. The zero-order valence-corrected chi connectivity index (χ0v) is 15.8. The molecule has 0 spiro atoms. The van der Waals surface area contributed by atoms with E-state index >= 15 is 0 Å². The molecule has 0 aromatic heterocycles. The minimum absolute atomic E-state index is 0.345. The summed E-state index contributed by atoms with van der Waals surface area (Å²) >= 11 is 0. The fourth-order valence-corrected chi connectivity index (χ4v) is 4.93. The lowest BCUT2D eigenvalue weighted by molar-refractivity contribution is -0.129. The number of methoxy groups -OCH3 is 1. The smallest absolute Gasteiger partial charge is 0.223 e. The minimum Gasteiger partial charge on any atom is -0.497 e. The number of nitrogens with zero attached hydrogens (tertiary/aromatic N) is 1. The fourth-order valence-electron chi connectivity index (χ4n) is 4.93. The molecule has 5 heteroatoms. The Morgan fingerprint density at radius 1 is 1.27 bits per heavy atom. The number of hydrogen-bond acceptors (Lipinski definition) is 4. The third-order valence-electron chi connectivity index (χ3n) is 6.60. The summed E-state index contributed by atoms with van der Waals surface area (Å²) in [6.45, 7) is 5.88. The lowest BCUT2D eigenvalue weighted by Crippen LogP contribution is -2.48. The van der Waals surface area contributed by atoms with Crippen molar-refractivity contribution in [3.8, 4) is 5.75 Å². The third-order valence-corrected chi connectivity index (χ3v) is 6.60. The van der Waals surface area contributed by atoms with Crippen molar-refractivity contribution in [2.75, 3.05) is 33.4 Å². The summed E-state index contributed by atoms with van der Waals surface area (Å²) in [4.78, 5) is 14.8. The quantitative estimate of drug-likeness (QED) is 0.811. The molecule has 0 unspecified atom stereocenters. The normalized spacial score (nSPS) is 31.2. The molecule has 3 fully saturated rings. The van der Waals surface area contributed by atoms with E-state index < -0.39 is 0 Å². The van der Waals surface area contributed by atoms with E-state index in [-0.39, 0.29) is 0 Å². The van der Waals surface area contributed by atoms with Crippen LogP contribution in [0.5, 0.6) is 5.75 Å². The second kappa shape index (κ2) is 7.57. The molecule has 2 saturated heterocycles.